The molecule has 9 nitrogen and oxygen atoms in total. The maximum atomic E-state index is 12.0. The molecule has 0 bridgehead atoms. The third-order valence-corrected chi connectivity index (χ3v) is 3.21. The van der Waals surface area contributed by atoms with E-state index in [-0.39, 0.29) is 16.7 Å². The van der Waals surface area contributed by atoms with Gasteiger partial charge in [-0.1, -0.05) is 12.1 Å². The third-order valence-electron chi connectivity index (χ3n) is 3.21. The largest absolute Gasteiger partial charge is 0.422 e. The number of para-hydroxylation sites is 1. The highest BCUT2D eigenvalue weighted by Gasteiger charge is 2.57. The Hall–Kier alpha value is -2.91. The van der Waals surface area contributed by atoms with E-state index >= 15 is 0 Å². The molecule has 9 heteroatoms. The molecular weight excluding hydrogens is 298 g/mol. The molecule has 1 aliphatic heterocycles. The standard InChI is InChI=1S/C13H9NO8/c14-11(17)13(19)8(15)9(16)22-10-7(21-12(13)18)5-3-1-2-4-6(5)20-10/h1-4,8,15,19H,(H2,14,17). The first kappa shape index (κ1) is 14.0. The second-order valence-electron chi connectivity index (χ2n) is 4.56. The molecule has 1 amide bonds. The van der Waals surface area contributed by atoms with E-state index < -0.39 is 35.5 Å². The highest BCUT2D eigenvalue weighted by Crippen LogP contribution is 2.41. The normalized spacial score (nSPS) is 24.9. The summed E-state index contributed by atoms with van der Waals surface area (Å²) >= 11 is 0. The van der Waals surface area contributed by atoms with Crippen LogP contribution in [0.15, 0.2) is 28.7 Å². The summed E-state index contributed by atoms with van der Waals surface area (Å²) in [7, 11) is 0. The van der Waals surface area contributed by atoms with Crippen LogP contribution in [0.3, 0.4) is 0 Å². The number of amides is 1. The quantitative estimate of drug-likeness (QED) is 0.441. The maximum Gasteiger partial charge on any atom is 0.357 e. The number of furan rings is 1. The SMILES string of the molecule is NC(=O)C1(O)C(=O)Oc2c(oc3ccccc23)OC(=O)C1O. The number of aliphatic hydroxyl groups excluding tert-OH is 1. The molecule has 2 heterocycles. The summed E-state index contributed by atoms with van der Waals surface area (Å²) in [4.78, 5) is 35.1. The molecule has 2 atom stereocenters. The van der Waals surface area contributed by atoms with E-state index in [4.69, 9.17) is 19.6 Å². The number of primary amides is 1. The van der Waals surface area contributed by atoms with Crippen molar-refractivity contribution < 1.29 is 38.5 Å². The molecule has 1 aliphatic rings. The number of benzene rings is 1. The smallest absolute Gasteiger partial charge is 0.357 e. The van der Waals surface area contributed by atoms with Crippen LogP contribution in [0.4, 0.5) is 0 Å². The van der Waals surface area contributed by atoms with E-state index in [1.54, 1.807) is 12.1 Å². The molecule has 2 aromatic rings. The number of aliphatic hydroxyl groups is 2. The molecule has 0 saturated carbocycles. The summed E-state index contributed by atoms with van der Waals surface area (Å²) in [5.41, 5.74) is 1.85. The highest BCUT2D eigenvalue weighted by atomic mass is 16.7. The zero-order valence-electron chi connectivity index (χ0n) is 10.8. The van der Waals surface area contributed by atoms with Crippen LogP contribution in [0.1, 0.15) is 0 Å². The Kier molecular flexibility index (Phi) is 2.90. The lowest BCUT2D eigenvalue weighted by Gasteiger charge is -2.27. The average Bonchev–Trinajstić information content (AvgIpc) is 2.82. The van der Waals surface area contributed by atoms with Gasteiger partial charge in [0.25, 0.3) is 11.5 Å². The Morgan fingerprint density at radius 3 is 2.59 bits per heavy atom. The molecule has 2 unspecified atom stereocenters. The first-order valence-corrected chi connectivity index (χ1v) is 6.01. The zero-order valence-corrected chi connectivity index (χ0v) is 10.8. The Balaban J connectivity index is 2.21. The molecule has 0 radical (unpaired) electrons. The van der Waals surface area contributed by atoms with Crippen LogP contribution in [0, 0.1) is 0 Å². The van der Waals surface area contributed by atoms with E-state index in [0.29, 0.717) is 0 Å². The number of esters is 2. The number of carbonyl (C=O) groups is 3. The second-order valence-corrected chi connectivity index (χ2v) is 4.56. The molecule has 3 rings (SSSR count). The van der Waals surface area contributed by atoms with Crippen molar-refractivity contribution in [3.05, 3.63) is 24.3 Å². The number of fused-ring (bicyclic) bond motifs is 3. The van der Waals surface area contributed by atoms with Crippen LogP contribution in [0.2, 0.25) is 0 Å². The number of ether oxygens (including phenoxy) is 2. The van der Waals surface area contributed by atoms with Crippen LogP contribution in [-0.2, 0) is 14.4 Å². The van der Waals surface area contributed by atoms with Crippen LogP contribution in [-0.4, -0.2) is 39.8 Å². The van der Waals surface area contributed by atoms with Gasteiger partial charge in [0.2, 0.25) is 11.9 Å². The van der Waals surface area contributed by atoms with Gasteiger partial charge < -0.3 is 29.8 Å². The zero-order chi connectivity index (χ0) is 16.1. The lowest BCUT2D eigenvalue weighted by molar-refractivity contribution is -0.185. The molecule has 0 spiro atoms. The van der Waals surface area contributed by atoms with Crippen molar-refractivity contribution in [1.29, 1.82) is 0 Å². The van der Waals surface area contributed by atoms with Gasteiger partial charge in [-0.3, -0.25) is 4.79 Å². The lowest BCUT2D eigenvalue weighted by Crippen LogP contribution is -2.64. The number of nitrogens with two attached hydrogens (primary N) is 1. The molecule has 0 fully saturated rings. The average molecular weight is 307 g/mol. The van der Waals surface area contributed by atoms with Crippen molar-refractivity contribution in [2.75, 3.05) is 0 Å². The summed E-state index contributed by atoms with van der Waals surface area (Å²) in [6.07, 6.45) is -2.56. The van der Waals surface area contributed by atoms with Crippen molar-refractivity contribution in [1.82, 2.24) is 0 Å². The molecule has 114 valence electrons. The minimum Gasteiger partial charge on any atom is -0.422 e. The van der Waals surface area contributed by atoms with Gasteiger partial charge in [0.05, 0.1) is 5.39 Å². The molecule has 1 aromatic heterocycles. The summed E-state index contributed by atoms with van der Waals surface area (Å²) in [5, 5.41) is 19.9. The van der Waals surface area contributed by atoms with E-state index in [1.165, 1.54) is 12.1 Å². The Morgan fingerprint density at radius 2 is 1.91 bits per heavy atom. The summed E-state index contributed by atoms with van der Waals surface area (Å²) in [6.45, 7) is 0. The van der Waals surface area contributed by atoms with Crippen molar-refractivity contribution in [3.63, 3.8) is 0 Å². The van der Waals surface area contributed by atoms with E-state index in [1.807, 2.05) is 0 Å². The van der Waals surface area contributed by atoms with Crippen LogP contribution in [0.25, 0.3) is 11.0 Å². The van der Waals surface area contributed by atoms with Crippen molar-refractivity contribution >= 4 is 28.8 Å². The molecule has 0 saturated heterocycles. The van der Waals surface area contributed by atoms with Gasteiger partial charge in [-0.05, 0) is 12.1 Å². The first-order chi connectivity index (χ1) is 10.4. The minimum absolute atomic E-state index is 0.229. The predicted molar refractivity (Wildman–Crippen MR) is 67.6 cm³/mol. The van der Waals surface area contributed by atoms with Gasteiger partial charge in [-0.15, -0.1) is 0 Å². The number of hydrogen-bond acceptors (Lipinski definition) is 8. The number of carbonyl (C=O) groups excluding carboxylic acids is 3. The monoisotopic (exact) mass is 307 g/mol. The van der Waals surface area contributed by atoms with Crippen molar-refractivity contribution in [2.24, 2.45) is 5.73 Å². The second kappa shape index (κ2) is 4.55. The van der Waals surface area contributed by atoms with Crippen LogP contribution >= 0.6 is 0 Å². The number of rotatable bonds is 1. The summed E-state index contributed by atoms with van der Waals surface area (Å²) in [5.74, 6) is -5.54. The molecule has 4 N–H and O–H groups in total. The Morgan fingerprint density at radius 1 is 1.23 bits per heavy atom. The van der Waals surface area contributed by atoms with Gasteiger partial charge in [0.1, 0.15) is 5.58 Å². The fourth-order valence-electron chi connectivity index (χ4n) is 2.00. The molecule has 0 aliphatic carbocycles. The van der Waals surface area contributed by atoms with Gasteiger partial charge in [-0.25, -0.2) is 9.59 Å². The first-order valence-electron chi connectivity index (χ1n) is 6.01. The lowest BCUT2D eigenvalue weighted by atomic mass is 9.95. The van der Waals surface area contributed by atoms with Crippen LogP contribution in [0.5, 0.6) is 11.7 Å². The van der Waals surface area contributed by atoms with E-state index in [0.717, 1.165) is 0 Å². The maximum absolute atomic E-state index is 12.0. The van der Waals surface area contributed by atoms with Gasteiger partial charge >= 0.3 is 17.9 Å². The summed E-state index contributed by atoms with van der Waals surface area (Å²) in [6, 6.07) is 6.23. The fraction of sp³-hybridized carbons (Fsp3) is 0.154. The topological polar surface area (TPSA) is 149 Å². The fourth-order valence-corrected chi connectivity index (χ4v) is 2.00. The number of hydrogen-bond donors (Lipinski definition) is 3. The molecule has 22 heavy (non-hydrogen) atoms. The molecular formula is C13H9NO8. The van der Waals surface area contributed by atoms with Crippen molar-refractivity contribution in [3.8, 4) is 11.7 Å². The third kappa shape index (κ3) is 1.76. The van der Waals surface area contributed by atoms with Gasteiger partial charge in [-0.2, -0.15) is 0 Å². The Labute approximate surface area is 121 Å². The predicted octanol–water partition coefficient (Wildman–Crippen LogP) is -1.17. The van der Waals surface area contributed by atoms with E-state index in [9.17, 15) is 24.6 Å². The van der Waals surface area contributed by atoms with Crippen LogP contribution < -0.4 is 15.2 Å². The highest BCUT2D eigenvalue weighted by molar-refractivity contribution is 6.11. The molecule has 1 aromatic carbocycles. The Bertz CT molecular complexity index is 809. The van der Waals surface area contributed by atoms with Crippen molar-refractivity contribution in [2.45, 2.75) is 11.7 Å². The van der Waals surface area contributed by atoms with Gasteiger partial charge in [0, 0.05) is 0 Å². The van der Waals surface area contributed by atoms with E-state index in [2.05, 4.69) is 0 Å². The summed E-state index contributed by atoms with van der Waals surface area (Å²) < 4.78 is 14.8. The minimum atomic E-state index is -3.27. The van der Waals surface area contributed by atoms with Gasteiger partial charge in [0.15, 0.2) is 0 Å².